The van der Waals surface area contributed by atoms with Crippen LogP contribution in [0.1, 0.15) is 156 Å². The van der Waals surface area contributed by atoms with Crippen molar-refractivity contribution < 1.29 is 77.1 Å². The highest BCUT2D eigenvalue weighted by Crippen LogP contribution is 2.43. The lowest BCUT2D eigenvalue weighted by molar-refractivity contribution is -0.139. The Hall–Kier alpha value is -13.2. The van der Waals surface area contributed by atoms with Crippen LogP contribution >= 0.6 is 0 Å². The van der Waals surface area contributed by atoms with Crippen LogP contribution in [-0.2, 0) is 106 Å². The number of para-hydroxylation sites is 3. The standard InChI is InChI=1S/C38H44N2O4.2C37H42N2O6/c1-27-9-7-11-29(21-27)25-43-36-16-6-4-14-32(36)23-40(20-19-35(39)38(41)42)24-33-18-17-31-13-3-5-15-34(31)37(33)44-26-30-12-8-10-28(2)22-30;1-26-8-5-10-28(20-26)24-44-33-13-4-3-12-30(33)22-39(17-16-32(38)37(40)41)23-31-34(45-25-29-11-6-9-27(2)21-29)14-15-35-36(31)43-19-7-18-42-35;1-26-8-5-10-28(18-26)24-44-33-13-4-3-12-30(33)22-39(15-14-32(38)37(40)41)23-31-20-35-36(43-17-7-16-42-35)21-34(31)45-25-29-11-6-9-27(2)19-29/h4,6-12,14,16-18,21-22,35H,3,5,13,15,19-20,23-26,39H2,1-2H3,(H,41,42);3-6,8-15,20-21,32H,7,16-19,22-25,38H2,1-2H3,(H,40,41);3-6,8-13,18-21,32H,7,14-17,22-25,38H2,1-2H3,(H,40,41)/t35-;2*32-/m000/s1. The molecule has 2 heterocycles. The number of ether oxygens (including phenoxy) is 10. The van der Waals surface area contributed by atoms with E-state index in [4.69, 9.17) is 64.6 Å². The maximum absolute atomic E-state index is 11.6. The van der Waals surface area contributed by atoms with Crippen molar-refractivity contribution in [2.24, 2.45) is 17.2 Å². The molecule has 1 aliphatic carbocycles. The monoisotopic (exact) mass is 1810 g/mol. The maximum Gasteiger partial charge on any atom is 0.320 e. The second kappa shape index (κ2) is 50.1. The summed E-state index contributed by atoms with van der Waals surface area (Å²) in [6.07, 6.45) is 6.89. The molecule has 0 unspecified atom stereocenters. The Morgan fingerprint density at radius 1 is 0.313 bits per heavy atom. The van der Waals surface area contributed by atoms with Gasteiger partial charge in [-0.15, -0.1) is 0 Å². The smallest absolute Gasteiger partial charge is 0.320 e. The first-order chi connectivity index (χ1) is 65.0. The molecule has 0 saturated carbocycles. The average Bonchev–Trinajstić information content (AvgIpc) is 1.51. The first-order valence-electron chi connectivity index (χ1n) is 46.5. The summed E-state index contributed by atoms with van der Waals surface area (Å²) in [6, 6.07) is 83.0. The molecule has 0 saturated heterocycles. The van der Waals surface area contributed by atoms with Crippen LogP contribution in [0.2, 0.25) is 0 Å². The summed E-state index contributed by atoms with van der Waals surface area (Å²) in [7, 11) is 0. The fourth-order valence-corrected chi connectivity index (χ4v) is 16.7. The molecule has 3 atom stereocenters. The van der Waals surface area contributed by atoms with Gasteiger partial charge >= 0.3 is 17.9 Å². The first kappa shape index (κ1) is 98.3. The van der Waals surface area contributed by atoms with Crippen molar-refractivity contribution in [3.05, 3.63) is 366 Å². The second-order valence-electron chi connectivity index (χ2n) is 35.1. The molecule has 12 aromatic rings. The average molecular weight is 1810 g/mol. The van der Waals surface area contributed by atoms with E-state index in [1.807, 2.05) is 133 Å². The van der Waals surface area contributed by atoms with Gasteiger partial charge in [0, 0.05) is 106 Å². The van der Waals surface area contributed by atoms with Crippen LogP contribution in [0.4, 0.5) is 0 Å². The SMILES string of the molecule is Cc1cccc(COc2ccccc2CN(CC[C@H](N)C(=O)O)Cc2c(OCc3cccc(C)c3)ccc3c2OCCCO3)c1.Cc1cccc(COc2ccccc2CN(CC[C@H](N)C(=O)O)Cc2cc3c(cc2OCc2cccc(C)c2)OCCCO3)c1.Cc1cccc(COc2ccccc2CN(CC[C@H](N)C(=O)O)Cc2ccc3c(c2OCc2cccc(C)c2)CCCC3)c1. The van der Waals surface area contributed by atoms with Gasteiger partial charge in [-0.05, 0) is 167 Å². The zero-order chi connectivity index (χ0) is 94.1. The third-order valence-corrected chi connectivity index (χ3v) is 23.8. The Bertz CT molecular complexity index is 5810. The predicted molar refractivity (Wildman–Crippen MR) is 523 cm³/mol. The van der Waals surface area contributed by atoms with Crippen LogP contribution < -0.4 is 64.6 Å². The topological polar surface area (TPSA) is 292 Å². The molecule has 0 radical (unpaired) electrons. The number of benzene rings is 12. The summed E-state index contributed by atoms with van der Waals surface area (Å²) in [5, 5.41) is 28.5. The molecule has 0 fully saturated rings. The minimum atomic E-state index is -1.02. The van der Waals surface area contributed by atoms with Crippen molar-refractivity contribution in [1.29, 1.82) is 0 Å². The highest BCUT2D eigenvalue weighted by Gasteiger charge is 2.28. The molecule has 0 amide bonds. The lowest BCUT2D eigenvalue weighted by atomic mass is 9.89. The van der Waals surface area contributed by atoms with Crippen LogP contribution in [0.5, 0.6) is 57.5 Å². The number of carbonyl (C=O) groups is 3. The van der Waals surface area contributed by atoms with Gasteiger partial charge < -0.3 is 79.9 Å². The van der Waals surface area contributed by atoms with E-state index in [9.17, 15) is 29.7 Å². The van der Waals surface area contributed by atoms with E-state index in [1.165, 1.54) is 50.9 Å². The van der Waals surface area contributed by atoms with Gasteiger partial charge in [0.2, 0.25) is 0 Å². The molecule has 0 bridgehead atoms. The minimum absolute atomic E-state index is 0.271. The van der Waals surface area contributed by atoms with Gasteiger partial charge in [-0.2, -0.15) is 0 Å². The predicted octanol–water partition coefficient (Wildman–Crippen LogP) is 20.0. The Morgan fingerprint density at radius 3 is 1.05 bits per heavy atom. The lowest BCUT2D eigenvalue weighted by Crippen LogP contribution is -2.35. The van der Waals surface area contributed by atoms with E-state index in [0.717, 1.165) is 122 Å². The van der Waals surface area contributed by atoms with Crippen molar-refractivity contribution in [2.75, 3.05) is 46.1 Å². The Kier molecular flexibility index (Phi) is 36.7. The van der Waals surface area contributed by atoms with Crippen LogP contribution in [0.15, 0.2) is 255 Å². The molecule has 702 valence electrons. The molecule has 9 N–H and O–H groups in total. The fraction of sp³-hybridized carbons (Fsp3) is 0.330. The number of carboxylic acids is 3. The minimum Gasteiger partial charge on any atom is -0.490 e. The molecule has 22 heteroatoms. The molecule has 2 aliphatic heterocycles. The van der Waals surface area contributed by atoms with E-state index in [-0.39, 0.29) is 12.8 Å². The zero-order valence-corrected chi connectivity index (χ0v) is 78.0. The molecule has 134 heavy (non-hydrogen) atoms. The summed E-state index contributed by atoms with van der Waals surface area (Å²) in [5.74, 6) is 4.37. The van der Waals surface area contributed by atoms with E-state index >= 15 is 0 Å². The highest BCUT2D eigenvalue weighted by molar-refractivity contribution is 5.74. The number of nitrogens with zero attached hydrogens (tertiary/aromatic N) is 3. The molecular weight excluding hydrogens is 1690 g/mol. The quantitative estimate of drug-likeness (QED) is 0.0207. The number of carboxylic acid groups (broad SMARTS) is 3. The molecule has 0 aromatic heterocycles. The number of aliphatic carboxylic acids is 3. The molecular formula is C112H128N6O16. The molecule has 12 aromatic carbocycles. The largest absolute Gasteiger partial charge is 0.490 e. The number of aryl methyl sites for hydroxylation is 7. The zero-order valence-electron chi connectivity index (χ0n) is 78.0. The Balaban J connectivity index is 0.000000170. The summed E-state index contributed by atoms with van der Waals surface area (Å²) < 4.78 is 62.7. The van der Waals surface area contributed by atoms with Crippen LogP contribution in [0.3, 0.4) is 0 Å². The van der Waals surface area contributed by atoms with Crippen molar-refractivity contribution in [1.82, 2.24) is 14.7 Å². The molecule has 15 rings (SSSR count). The molecule has 22 nitrogen and oxygen atoms in total. The van der Waals surface area contributed by atoms with Crippen LogP contribution in [0.25, 0.3) is 0 Å². The molecule has 3 aliphatic rings. The van der Waals surface area contributed by atoms with E-state index in [2.05, 4.69) is 178 Å². The third kappa shape index (κ3) is 30.2. The van der Waals surface area contributed by atoms with Crippen molar-refractivity contribution >= 4 is 17.9 Å². The summed E-state index contributed by atoms with van der Waals surface area (Å²) in [6.45, 7) is 21.8. The fourth-order valence-electron chi connectivity index (χ4n) is 16.7. The summed E-state index contributed by atoms with van der Waals surface area (Å²) >= 11 is 0. The van der Waals surface area contributed by atoms with Gasteiger partial charge in [0.15, 0.2) is 23.0 Å². The number of fused-ring (bicyclic) bond motifs is 3. The number of hydrogen-bond donors (Lipinski definition) is 6. The second-order valence-corrected chi connectivity index (χ2v) is 35.1. The number of hydrogen-bond acceptors (Lipinski definition) is 19. The third-order valence-electron chi connectivity index (χ3n) is 23.8. The maximum atomic E-state index is 11.6. The van der Waals surface area contributed by atoms with Crippen molar-refractivity contribution in [2.45, 2.75) is 196 Å². The van der Waals surface area contributed by atoms with E-state index in [1.54, 1.807) is 0 Å². The van der Waals surface area contributed by atoms with Gasteiger partial charge in [0.1, 0.15) is 92.3 Å². The lowest BCUT2D eigenvalue weighted by Gasteiger charge is -2.28. The molecule has 0 spiro atoms. The summed E-state index contributed by atoms with van der Waals surface area (Å²) in [5.41, 5.74) is 40.2. The van der Waals surface area contributed by atoms with E-state index < -0.39 is 36.0 Å². The van der Waals surface area contributed by atoms with Gasteiger partial charge in [0.25, 0.3) is 0 Å². The highest BCUT2D eigenvalue weighted by atomic mass is 16.5. The van der Waals surface area contributed by atoms with Crippen molar-refractivity contribution in [3.8, 4) is 57.5 Å². The number of nitrogens with two attached hydrogens (primary N) is 3. The van der Waals surface area contributed by atoms with Gasteiger partial charge in [-0.3, -0.25) is 29.1 Å². The first-order valence-corrected chi connectivity index (χ1v) is 46.5. The Labute approximate surface area is 788 Å². The van der Waals surface area contributed by atoms with Crippen molar-refractivity contribution in [3.63, 3.8) is 0 Å². The summed E-state index contributed by atoms with van der Waals surface area (Å²) in [4.78, 5) is 41.4. The Morgan fingerprint density at radius 2 is 0.649 bits per heavy atom. The normalized spacial score (nSPS) is 13.3. The van der Waals surface area contributed by atoms with Crippen LogP contribution in [0, 0.1) is 41.5 Å². The van der Waals surface area contributed by atoms with Gasteiger partial charge in [0.05, 0.1) is 32.0 Å². The van der Waals surface area contributed by atoms with E-state index in [0.29, 0.717) is 166 Å². The van der Waals surface area contributed by atoms with Gasteiger partial charge in [-0.25, -0.2) is 0 Å². The van der Waals surface area contributed by atoms with Gasteiger partial charge in [-0.1, -0.05) is 246 Å². The van der Waals surface area contributed by atoms with Crippen LogP contribution in [-0.4, -0.2) is 112 Å². The number of rotatable bonds is 42.